The van der Waals surface area contributed by atoms with E-state index in [1.54, 1.807) is 25.4 Å². The molecule has 0 aliphatic rings. The first-order valence-corrected chi connectivity index (χ1v) is 3.85. The molecular formula is C9H12N2O. The quantitative estimate of drug-likeness (QED) is 0.693. The average molecular weight is 164 g/mol. The van der Waals surface area contributed by atoms with E-state index in [2.05, 4.69) is 4.98 Å². The lowest BCUT2D eigenvalue weighted by Crippen LogP contribution is -2.00. The maximum atomic E-state index is 7.53. The van der Waals surface area contributed by atoms with Crippen molar-refractivity contribution in [1.29, 1.82) is 5.41 Å². The fourth-order valence-corrected chi connectivity index (χ4v) is 0.884. The molecule has 12 heavy (non-hydrogen) atoms. The molecule has 0 aromatic carbocycles. The van der Waals surface area contributed by atoms with Crippen LogP contribution >= 0.6 is 0 Å². The molecule has 0 atom stereocenters. The highest BCUT2D eigenvalue weighted by atomic mass is 16.5. The van der Waals surface area contributed by atoms with Crippen LogP contribution in [0.15, 0.2) is 18.3 Å². The summed E-state index contributed by atoms with van der Waals surface area (Å²) in [5, 5.41) is 7.53. The van der Waals surface area contributed by atoms with E-state index in [-0.39, 0.29) is 0 Å². The summed E-state index contributed by atoms with van der Waals surface area (Å²) in [4.78, 5) is 4.05. The summed E-state index contributed by atoms with van der Waals surface area (Å²) in [7, 11) is 1.61. The van der Waals surface area contributed by atoms with Gasteiger partial charge < -0.3 is 10.1 Å². The van der Waals surface area contributed by atoms with Gasteiger partial charge in [-0.25, -0.2) is 0 Å². The molecular weight excluding hydrogens is 152 g/mol. The maximum absolute atomic E-state index is 7.53. The second kappa shape index (κ2) is 3.85. The monoisotopic (exact) mass is 164 g/mol. The standard InChI is InChI=1S/C9H12N2O/c1-3-8(10)9-6-7(12-2)4-5-11-9/h4-6,10H,3H2,1-2H3. The van der Waals surface area contributed by atoms with Gasteiger partial charge in [0.1, 0.15) is 5.75 Å². The first-order chi connectivity index (χ1) is 5.77. The smallest absolute Gasteiger partial charge is 0.122 e. The van der Waals surface area contributed by atoms with Crippen LogP contribution in [0.2, 0.25) is 0 Å². The van der Waals surface area contributed by atoms with E-state index in [9.17, 15) is 0 Å². The molecule has 0 spiro atoms. The van der Waals surface area contributed by atoms with E-state index < -0.39 is 0 Å². The predicted octanol–water partition coefficient (Wildman–Crippen LogP) is 1.87. The van der Waals surface area contributed by atoms with Crippen LogP contribution in [0.5, 0.6) is 5.75 Å². The zero-order valence-corrected chi connectivity index (χ0v) is 7.29. The molecule has 0 aliphatic carbocycles. The van der Waals surface area contributed by atoms with Crippen LogP contribution in [0.3, 0.4) is 0 Å². The summed E-state index contributed by atoms with van der Waals surface area (Å²) in [6.07, 6.45) is 2.35. The normalized spacial score (nSPS) is 9.50. The number of methoxy groups -OCH3 is 1. The minimum Gasteiger partial charge on any atom is -0.497 e. The SMILES string of the molecule is CCC(=N)c1cc(OC)ccn1. The van der Waals surface area contributed by atoms with Gasteiger partial charge in [-0.2, -0.15) is 0 Å². The summed E-state index contributed by atoms with van der Waals surface area (Å²) in [5.41, 5.74) is 1.23. The van der Waals surface area contributed by atoms with Gasteiger partial charge in [0.2, 0.25) is 0 Å². The van der Waals surface area contributed by atoms with Gasteiger partial charge in [0.15, 0.2) is 0 Å². The Balaban J connectivity index is 2.93. The van der Waals surface area contributed by atoms with Crippen molar-refractivity contribution < 1.29 is 4.74 Å². The number of hydrogen-bond donors (Lipinski definition) is 1. The predicted molar refractivity (Wildman–Crippen MR) is 47.9 cm³/mol. The Morgan fingerprint density at radius 2 is 2.42 bits per heavy atom. The summed E-state index contributed by atoms with van der Waals surface area (Å²) >= 11 is 0. The average Bonchev–Trinajstić information content (AvgIpc) is 2.17. The fraction of sp³-hybridized carbons (Fsp3) is 0.333. The van der Waals surface area contributed by atoms with Crippen LogP contribution in [-0.4, -0.2) is 17.8 Å². The molecule has 64 valence electrons. The number of hydrogen-bond acceptors (Lipinski definition) is 3. The number of rotatable bonds is 3. The second-order valence-corrected chi connectivity index (χ2v) is 2.41. The highest BCUT2D eigenvalue weighted by molar-refractivity contribution is 5.96. The number of ether oxygens (including phenoxy) is 1. The highest BCUT2D eigenvalue weighted by Crippen LogP contribution is 2.10. The van der Waals surface area contributed by atoms with Crippen molar-refractivity contribution in [3.63, 3.8) is 0 Å². The lowest BCUT2D eigenvalue weighted by molar-refractivity contribution is 0.414. The molecule has 0 aliphatic heterocycles. The Morgan fingerprint density at radius 1 is 1.67 bits per heavy atom. The van der Waals surface area contributed by atoms with E-state index in [0.29, 0.717) is 17.8 Å². The molecule has 0 radical (unpaired) electrons. The van der Waals surface area contributed by atoms with Crippen molar-refractivity contribution in [2.45, 2.75) is 13.3 Å². The van der Waals surface area contributed by atoms with E-state index in [1.807, 2.05) is 6.92 Å². The Bertz CT molecular complexity index is 284. The van der Waals surface area contributed by atoms with E-state index in [1.165, 1.54) is 0 Å². The number of aromatic nitrogens is 1. The van der Waals surface area contributed by atoms with Crippen molar-refractivity contribution in [2.75, 3.05) is 7.11 Å². The first-order valence-electron chi connectivity index (χ1n) is 3.85. The van der Waals surface area contributed by atoms with E-state index in [0.717, 1.165) is 5.75 Å². The van der Waals surface area contributed by atoms with Crippen molar-refractivity contribution in [2.24, 2.45) is 0 Å². The second-order valence-electron chi connectivity index (χ2n) is 2.41. The largest absolute Gasteiger partial charge is 0.497 e. The summed E-state index contributed by atoms with van der Waals surface area (Å²) in [5.74, 6) is 0.748. The van der Waals surface area contributed by atoms with Crippen LogP contribution in [0, 0.1) is 5.41 Å². The van der Waals surface area contributed by atoms with E-state index in [4.69, 9.17) is 10.1 Å². The van der Waals surface area contributed by atoms with Gasteiger partial charge in [0, 0.05) is 12.3 Å². The fourth-order valence-electron chi connectivity index (χ4n) is 0.884. The van der Waals surface area contributed by atoms with Crippen molar-refractivity contribution in [3.05, 3.63) is 24.0 Å². The van der Waals surface area contributed by atoms with Crippen molar-refractivity contribution in [3.8, 4) is 5.75 Å². The maximum Gasteiger partial charge on any atom is 0.122 e. The molecule has 0 saturated heterocycles. The molecule has 0 bridgehead atoms. The van der Waals surface area contributed by atoms with Gasteiger partial charge in [-0.05, 0) is 12.5 Å². The van der Waals surface area contributed by atoms with E-state index >= 15 is 0 Å². The van der Waals surface area contributed by atoms with Crippen LogP contribution in [0.4, 0.5) is 0 Å². The topological polar surface area (TPSA) is 46.0 Å². The Morgan fingerprint density at radius 3 is 3.00 bits per heavy atom. The zero-order valence-electron chi connectivity index (χ0n) is 7.29. The highest BCUT2D eigenvalue weighted by Gasteiger charge is 2.00. The molecule has 0 fully saturated rings. The molecule has 0 saturated carbocycles. The molecule has 0 amide bonds. The zero-order chi connectivity index (χ0) is 8.97. The van der Waals surface area contributed by atoms with Crippen LogP contribution in [-0.2, 0) is 0 Å². The molecule has 1 rings (SSSR count). The third kappa shape index (κ3) is 1.81. The van der Waals surface area contributed by atoms with Crippen molar-refractivity contribution >= 4 is 5.71 Å². The Kier molecular flexibility index (Phi) is 2.80. The molecule has 0 unspecified atom stereocenters. The number of pyridine rings is 1. The lowest BCUT2D eigenvalue weighted by Gasteiger charge is -2.02. The van der Waals surface area contributed by atoms with Gasteiger partial charge in [-0.3, -0.25) is 4.98 Å². The van der Waals surface area contributed by atoms with Crippen LogP contribution in [0.1, 0.15) is 19.0 Å². The van der Waals surface area contributed by atoms with Gasteiger partial charge in [-0.1, -0.05) is 6.92 Å². The third-order valence-electron chi connectivity index (χ3n) is 1.63. The van der Waals surface area contributed by atoms with Crippen LogP contribution < -0.4 is 4.74 Å². The summed E-state index contributed by atoms with van der Waals surface area (Å²) < 4.78 is 5.01. The van der Waals surface area contributed by atoms with Gasteiger partial charge in [-0.15, -0.1) is 0 Å². The first kappa shape index (κ1) is 8.71. The Labute approximate surface area is 71.9 Å². The van der Waals surface area contributed by atoms with Crippen LogP contribution in [0.25, 0.3) is 0 Å². The molecule has 1 aromatic heterocycles. The van der Waals surface area contributed by atoms with Crippen molar-refractivity contribution in [1.82, 2.24) is 4.98 Å². The lowest BCUT2D eigenvalue weighted by atomic mass is 10.2. The third-order valence-corrected chi connectivity index (χ3v) is 1.63. The van der Waals surface area contributed by atoms with Gasteiger partial charge in [0.25, 0.3) is 0 Å². The molecule has 3 heteroatoms. The number of nitrogens with one attached hydrogen (secondary N) is 1. The molecule has 1 aromatic rings. The Hall–Kier alpha value is -1.38. The molecule has 1 heterocycles. The number of nitrogens with zero attached hydrogens (tertiary/aromatic N) is 1. The van der Waals surface area contributed by atoms with Gasteiger partial charge in [0.05, 0.1) is 18.5 Å². The van der Waals surface area contributed by atoms with Gasteiger partial charge >= 0.3 is 0 Å². The summed E-state index contributed by atoms with van der Waals surface area (Å²) in [6.45, 7) is 1.93. The summed E-state index contributed by atoms with van der Waals surface area (Å²) in [6, 6.07) is 3.54. The minimum absolute atomic E-state index is 0.536. The minimum atomic E-state index is 0.536. The molecule has 3 nitrogen and oxygen atoms in total. The molecule has 1 N–H and O–H groups in total.